The van der Waals surface area contributed by atoms with E-state index in [1.54, 1.807) is 0 Å². The van der Waals surface area contributed by atoms with Gasteiger partial charge in [0.2, 0.25) is 5.91 Å². The molecule has 4 rings (SSSR count). The minimum absolute atomic E-state index is 0.0588. The van der Waals surface area contributed by atoms with Crippen molar-refractivity contribution in [2.24, 2.45) is 0 Å². The molecule has 1 amide bonds. The second-order valence-electron chi connectivity index (χ2n) is 8.40. The number of amides is 1. The number of nitriles is 1. The smallest absolute Gasteiger partial charge is 0.317 e. The summed E-state index contributed by atoms with van der Waals surface area (Å²) in [6, 6.07) is 14.2. The van der Waals surface area contributed by atoms with Gasteiger partial charge in [0.15, 0.2) is 0 Å². The van der Waals surface area contributed by atoms with Crippen LogP contribution in [0.15, 0.2) is 36.4 Å². The number of aryl methyl sites for hydroxylation is 1. The largest absolute Gasteiger partial charge is 0.480 e. The molecule has 0 aliphatic carbocycles. The predicted molar refractivity (Wildman–Crippen MR) is 114 cm³/mol. The summed E-state index contributed by atoms with van der Waals surface area (Å²) in [7, 11) is 0. The minimum atomic E-state index is -0.872. The molecular formula is C24H27N3O3. The maximum atomic E-state index is 13.2. The molecule has 0 saturated carbocycles. The topological polar surface area (TPSA) is 84.6 Å². The third kappa shape index (κ3) is 4.31. The van der Waals surface area contributed by atoms with Crippen molar-refractivity contribution in [3.63, 3.8) is 0 Å². The maximum Gasteiger partial charge on any atom is 0.317 e. The highest BCUT2D eigenvalue weighted by atomic mass is 16.4. The normalized spacial score (nSPS) is 21.8. The van der Waals surface area contributed by atoms with Crippen LogP contribution in [0.4, 0.5) is 0 Å². The average Bonchev–Trinajstić information content (AvgIpc) is 3.40. The van der Waals surface area contributed by atoms with Gasteiger partial charge in [-0.2, -0.15) is 5.26 Å². The number of aliphatic carboxylic acids is 1. The Balaban J connectivity index is 1.42. The lowest BCUT2D eigenvalue weighted by molar-refractivity contribution is -0.141. The quantitative estimate of drug-likeness (QED) is 0.798. The lowest BCUT2D eigenvalue weighted by Gasteiger charge is -2.31. The Kier molecular flexibility index (Phi) is 6.01. The SMILES string of the molecule is N#Cc1ccc2ccc(CC[C@H]3CCCN3C(=O)[C@H]3CCCN3CC(=O)O)cc2c1. The Morgan fingerprint density at radius 1 is 1.07 bits per heavy atom. The zero-order valence-electron chi connectivity index (χ0n) is 17.1. The van der Waals surface area contributed by atoms with E-state index in [2.05, 4.69) is 24.3 Å². The first-order valence-corrected chi connectivity index (χ1v) is 10.7. The van der Waals surface area contributed by atoms with Crippen molar-refractivity contribution >= 4 is 22.6 Å². The number of likely N-dealkylation sites (tertiary alicyclic amines) is 2. The molecule has 2 aliphatic heterocycles. The van der Waals surface area contributed by atoms with Crippen LogP contribution in [0.1, 0.15) is 43.2 Å². The van der Waals surface area contributed by atoms with Crippen molar-refractivity contribution in [3.8, 4) is 6.07 Å². The van der Waals surface area contributed by atoms with Crippen LogP contribution in [-0.2, 0) is 16.0 Å². The van der Waals surface area contributed by atoms with Gasteiger partial charge in [0.25, 0.3) is 0 Å². The molecule has 6 nitrogen and oxygen atoms in total. The third-order valence-corrected chi connectivity index (χ3v) is 6.45. The summed E-state index contributed by atoms with van der Waals surface area (Å²) in [5.41, 5.74) is 1.87. The van der Waals surface area contributed by atoms with Gasteiger partial charge >= 0.3 is 5.97 Å². The molecule has 0 aromatic heterocycles. The Morgan fingerprint density at radius 2 is 1.87 bits per heavy atom. The van der Waals surface area contributed by atoms with Gasteiger partial charge in [0.1, 0.15) is 0 Å². The minimum Gasteiger partial charge on any atom is -0.480 e. The van der Waals surface area contributed by atoms with Crippen molar-refractivity contribution in [2.45, 2.75) is 50.6 Å². The number of carboxylic acids is 1. The van der Waals surface area contributed by atoms with Crippen LogP contribution in [-0.4, -0.2) is 58.5 Å². The second kappa shape index (κ2) is 8.85. The Hall–Kier alpha value is -2.91. The molecule has 1 N–H and O–H groups in total. The fourth-order valence-corrected chi connectivity index (χ4v) is 4.94. The Morgan fingerprint density at radius 3 is 2.67 bits per heavy atom. The lowest BCUT2D eigenvalue weighted by atomic mass is 9.99. The van der Waals surface area contributed by atoms with Gasteiger partial charge in [-0.25, -0.2) is 0 Å². The van der Waals surface area contributed by atoms with Crippen LogP contribution in [0.3, 0.4) is 0 Å². The number of carbonyl (C=O) groups excluding carboxylic acids is 1. The molecule has 0 unspecified atom stereocenters. The molecule has 2 fully saturated rings. The zero-order chi connectivity index (χ0) is 21.1. The summed E-state index contributed by atoms with van der Waals surface area (Å²) in [4.78, 5) is 28.1. The van der Waals surface area contributed by atoms with Crippen molar-refractivity contribution in [2.75, 3.05) is 19.6 Å². The van der Waals surface area contributed by atoms with Gasteiger partial charge in [-0.05, 0) is 73.5 Å². The van der Waals surface area contributed by atoms with Crippen LogP contribution in [0.25, 0.3) is 10.8 Å². The molecule has 2 aromatic carbocycles. The van der Waals surface area contributed by atoms with E-state index >= 15 is 0 Å². The van der Waals surface area contributed by atoms with E-state index in [-0.39, 0.29) is 24.5 Å². The Bertz CT molecular complexity index is 997. The maximum absolute atomic E-state index is 13.2. The number of fused-ring (bicyclic) bond motifs is 1. The summed E-state index contributed by atoms with van der Waals surface area (Å²) in [5, 5.41) is 20.4. The molecule has 2 heterocycles. The molecule has 0 bridgehead atoms. The highest BCUT2D eigenvalue weighted by molar-refractivity contribution is 5.85. The van der Waals surface area contributed by atoms with E-state index in [0.717, 1.165) is 55.8 Å². The van der Waals surface area contributed by atoms with Crippen molar-refractivity contribution in [1.29, 1.82) is 5.26 Å². The van der Waals surface area contributed by atoms with Gasteiger partial charge in [-0.3, -0.25) is 14.5 Å². The third-order valence-electron chi connectivity index (χ3n) is 6.45. The van der Waals surface area contributed by atoms with Gasteiger partial charge in [0, 0.05) is 12.6 Å². The number of benzene rings is 2. The average molecular weight is 405 g/mol. The van der Waals surface area contributed by atoms with Gasteiger partial charge in [0.05, 0.1) is 24.2 Å². The first-order chi connectivity index (χ1) is 14.5. The fourth-order valence-electron chi connectivity index (χ4n) is 4.94. The Labute approximate surface area is 176 Å². The zero-order valence-corrected chi connectivity index (χ0v) is 17.1. The molecule has 2 aliphatic rings. The first kappa shape index (κ1) is 20.4. The van der Waals surface area contributed by atoms with E-state index in [9.17, 15) is 9.59 Å². The van der Waals surface area contributed by atoms with E-state index in [1.165, 1.54) is 5.56 Å². The highest BCUT2D eigenvalue weighted by Gasteiger charge is 2.38. The lowest BCUT2D eigenvalue weighted by Crippen LogP contribution is -2.48. The summed E-state index contributed by atoms with van der Waals surface area (Å²) in [6.07, 6.45) is 5.42. The predicted octanol–water partition coefficient (Wildman–Crippen LogP) is 3.18. The molecule has 0 radical (unpaired) electrons. The fraction of sp³-hybridized carbons (Fsp3) is 0.458. The van der Waals surface area contributed by atoms with Crippen molar-refractivity contribution in [1.82, 2.24) is 9.80 Å². The monoisotopic (exact) mass is 405 g/mol. The van der Waals surface area contributed by atoms with Crippen LogP contribution in [0.5, 0.6) is 0 Å². The number of nitrogens with zero attached hydrogens (tertiary/aromatic N) is 3. The summed E-state index contributed by atoms with van der Waals surface area (Å²) >= 11 is 0. The molecule has 0 spiro atoms. The number of hydrogen-bond acceptors (Lipinski definition) is 4. The molecule has 2 atom stereocenters. The van der Waals surface area contributed by atoms with Crippen LogP contribution in [0.2, 0.25) is 0 Å². The van der Waals surface area contributed by atoms with E-state index in [0.29, 0.717) is 12.1 Å². The summed E-state index contributed by atoms with van der Waals surface area (Å²) in [5.74, 6) is -0.767. The van der Waals surface area contributed by atoms with Crippen molar-refractivity contribution < 1.29 is 14.7 Å². The van der Waals surface area contributed by atoms with Crippen molar-refractivity contribution in [3.05, 3.63) is 47.5 Å². The van der Waals surface area contributed by atoms with Gasteiger partial charge in [-0.15, -0.1) is 0 Å². The molecule has 156 valence electrons. The molecule has 2 aromatic rings. The number of carbonyl (C=O) groups is 2. The highest BCUT2D eigenvalue weighted by Crippen LogP contribution is 2.27. The first-order valence-electron chi connectivity index (χ1n) is 10.7. The number of carboxylic acid groups (broad SMARTS) is 1. The van der Waals surface area contributed by atoms with Crippen LogP contribution < -0.4 is 0 Å². The molecular weight excluding hydrogens is 378 g/mol. The van der Waals surface area contributed by atoms with E-state index in [1.807, 2.05) is 28.0 Å². The van der Waals surface area contributed by atoms with Crippen LogP contribution in [0, 0.1) is 11.3 Å². The van der Waals surface area contributed by atoms with E-state index in [4.69, 9.17) is 10.4 Å². The molecule has 6 heteroatoms. The number of rotatable bonds is 6. The molecule has 2 saturated heterocycles. The molecule has 30 heavy (non-hydrogen) atoms. The summed E-state index contributed by atoms with van der Waals surface area (Å²) < 4.78 is 0. The van der Waals surface area contributed by atoms with Crippen LogP contribution >= 0.6 is 0 Å². The van der Waals surface area contributed by atoms with Gasteiger partial charge in [-0.1, -0.05) is 24.3 Å². The van der Waals surface area contributed by atoms with E-state index < -0.39 is 5.97 Å². The standard InChI is InChI=1S/C24H27N3O3/c25-15-18-6-9-19-8-5-17(13-20(19)14-18)7-10-21-3-1-12-27(21)24(30)22-4-2-11-26(22)16-23(28)29/h5-6,8-9,13-14,21-22H,1-4,7,10-12,16H2,(H,28,29)/t21-,22-/m1/s1. The second-order valence-corrected chi connectivity index (χ2v) is 8.40. The number of hydrogen-bond donors (Lipinski definition) is 1. The summed E-state index contributed by atoms with van der Waals surface area (Å²) in [6.45, 7) is 1.39. The van der Waals surface area contributed by atoms with Gasteiger partial charge < -0.3 is 10.0 Å².